The highest BCUT2D eigenvalue weighted by Gasteiger charge is 2.05. The summed E-state index contributed by atoms with van der Waals surface area (Å²) in [6, 6.07) is 12.1. The molecule has 0 radical (unpaired) electrons. The van der Waals surface area contributed by atoms with Crippen LogP contribution in [0.3, 0.4) is 0 Å². The van der Waals surface area contributed by atoms with Crippen molar-refractivity contribution in [2.24, 2.45) is 5.10 Å². The number of anilines is 1. The first kappa shape index (κ1) is 16.7. The molecule has 0 fully saturated rings. The predicted octanol–water partition coefficient (Wildman–Crippen LogP) is 3.48. The normalized spacial score (nSPS) is 10.8. The second kappa shape index (κ2) is 7.58. The lowest BCUT2D eigenvalue weighted by atomic mass is 10.1. The summed E-state index contributed by atoms with van der Waals surface area (Å²) in [6.07, 6.45) is 1.65. The van der Waals surface area contributed by atoms with Gasteiger partial charge in [0.15, 0.2) is 0 Å². The van der Waals surface area contributed by atoms with Crippen LogP contribution >= 0.6 is 0 Å². The number of hydrogen-bond acceptors (Lipinski definition) is 3. The molecule has 2 N–H and O–H groups in total. The van der Waals surface area contributed by atoms with Crippen molar-refractivity contribution in [3.63, 3.8) is 0 Å². The Labute approximate surface area is 137 Å². The van der Waals surface area contributed by atoms with E-state index in [0.29, 0.717) is 0 Å². The Kier molecular flexibility index (Phi) is 5.52. The molecule has 0 unspecified atom stereocenters. The highest BCUT2D eigenvalue weighted by atomic mass is 16.2. The second-order valence-electron chi connectivity index (χ2n) is 5.83. The summed E-state index contributed by atoms with van der Waals surface area (Å²) in [5.74, 6) is -0.173. The summed E-state index contributed by atoms with van der Waals surface area (Å²) in [7, 11) is 0. The lowest BCUT2D eigenvalue weighted by molar-refractivity contribution is -0.119. The van der Waals surface area contributed by atoms with Crippen molar-refractivity contribution in [1.29, 1.82) is 0 Å². The van der Waals surface area contributed by atoms with E-state index < -0.39 is 0 Å². The molecule has 120 valence electrons. The highest BCUT2D eigenvalue weighted by molar-refractivity contribution is 5.84. The van der Waals surface area contributed by atoms with Gasteiger partial charge < -0.3 is 5.32 Å². The molecule has 2 aromatic rings. The Bertz CT molecular complexity index is 712. The number of hydrogen-bond donors (Lipinski definition) is 2. The van der Waals surface area contributed by atoms with Gasteiger partial charge in [-0.15, -0.1) is 0 Å². The zero-order valence-electron chi connectivity index (χ0n) is 14.1. The lowest BCUT2D eigenvalue weighted by Crippen LogP contribution is -2.26. The number of amides is 1. The summed E-state index contributed by atoms with van der Waals surface area (Å²) >= 11 is 0. The minimum atomic E-state index is -0.173. The largest absolute Gasteiger partial charge is 0.376 e. The molecular formula is C19H23N3O. The van der Waals surface area contributed by atoms with Gasteiger partial charge in [-0.3, -0.25) is 4.79 Å². The first-order valence-electron chi connectivity index (χ1n) is 7.66. The zero-order valence-corrected chi connectivity index (χ0v) is 14.1. The average Bonchev–Trinajstić information content (AvgIpc) is 2.46. The third-order valence-electron chi connectivity index (χ3n) is 3.55. The number of nitrogens with one attached hydrogen (secondary N) is 2. The maximum absolute atomic E-state index is 11.9. The summed E-state index contributed by atoms with van der Waals surface area (Å²) in [4.78, 5) is 11.9. The van der Waals surface area contributed by atoms with Crippen LogP contribution in [-0.2, 0) is 4.79 Å². The molecule has 2 rings (SSSR count). The number of carbonyl (C=O) groups excluding carboxylic acids is 1. The molecule has 0 atom stereocenters. The number of benzene rings is 2. The molecule has 0 bridgehead atoms. The van der Waals surface area contributed by atoms with Gasteiger partial charge in [-0.1, -0.05) is 47.5 Å². The summed E-state index contributed by atoms with van der Waals surface area (Å²) in [6.45, 7) is 8.35. The molecule has 0 spiro atoms. The number of hydrazone groups is 1. The molecule has 0 aliphatic heterocycles. The van der Waals surface area contributed by atoms with Crippen LogP contribution in [0.25, 0.3) is 0 Å². The van der Waals surface area contributed by atoms with Gasteiger partial charge in [0.05, 0.1) is 12.8 Å². The number of nitrogens with zero attached hydrogens (tertiary/aromatic N) is 1. The van der Waals surface area contributed by atoms with Gasteiger partial charge in [0.2, 0.25) is 0 Å². The first-order chi connectivity index (χ1) is 11.0. The van der Waals surface area contributed by atoms with Crippen molar-refractivity contribution in [3.05, 3.63) is 64.2 Å². The fourth-order valence-corrected chi connectivity index (χ4v) is 2.60. The van der Waals surface area contributed by atoms with E-state index in [4.69, 9.17) is 0 Å². The third-order valence-corrected chi connectivity index (χ3v) is 3.55. The lowest BCUT2D eigenvalue weighted by Gasteiger charge is -2.13. The van der Waals surface area contributed by atoms with Crippen molar-refractivity contribution in [1.82, 2.24) is 5.43 Å². The van der Waals surface area contributed by atoms with Gasteiger partial charge in [-0.05, 0) is 44.4 Å². The predicted molar refractivity (Wildman–Crippen MR) is 96.1 cm³/mol. The molecule has 23 heavy (non-hydrogen) atoms. The SMILES string of the molecule is Cc1cccc(/C=N\NC(=O)CNc2c(C)cc(C)cc2C)c1. The highest BCUT2D eigenvalue weighted by Crippen LogP contribution is 2.21. The Morgan fingerprint density at radius 2 is 1.74 bits per heavy atom. The van der Waals surface area contributed by atoms with Crippen molar-refractivity contribution < 1.29 is 4.79 Å². The van der Waals surface area contributed by atoms with E-state index in [2.05, 4.69) is 34.9 Å². The molecule has 4 heteroatoms. The fraction of sp³-hybridized carbons (Fsp3) is 0.263. The van der Waals surface area contributed by atoms with E-state index >= 15 is 0 Å². The number of rotatable bonds is 5. The second-order valence-corrected chi connectivity index (χ2v) is 5.83. The number of carbonyl (C=O) groups is 1. The Balaban J connectivity index is 1.88. The van der Waals surface area contributed by atoms with Gasteiger partial charge in [0.1, 0.15) is 0 Å². The van der Waals surface area contributed by atoms with Crippen LogP contribution in [0.5, 0.6) is 0 Å². The Hall–Kier alpha value is -2.62. The molecule has 0 aliphatic rings. The van der Waals surface area contributed by atoms with Gasteiger partial charge in [0.25, 0.3) is 5.91 Å². The van der Waals surface area contributed by atoms with Crippen LogP contribution in [0.1, 0.15) is 27.8 Å². The van der Waals surface area contributed by atoms with Crippen LogP contribution in [0.4, 0.5) is 5.69 Å². The maximum Gasteiger partial charge on any atom is 0.259 e. The maximum atomic E-state index is 11.9. The van der Waals surface area contributed by atoms with Crippen LogP contribution < -0.4 is 10.7 Å². The van der Waals surface area contributed by atoms with E-state index in [1.807, 2.05) is 45.0 Å². The minimum absolute atomic E-state index is 0.173. The van der Waals surface area contributed by atoms with Gasteiger partial charge in [-0.2, -0.15) is 5.10 Å². The van der Waals surface area contributed by atoms with Gasteiger partial charge >= 0.3 is 0 Å². The molecule has 2 aromatic carbocycles. The minimum Gasteiger partial charge on any atom is -0.376 e. The molecule has 0 saturated heterocycles. The van der Waals surface area contributed by atoms with Crippen LogP contribution in [-0.4, -0.2) is 18.7 Å². The zero-order chi connectivity index (χ0) is 16.8. The molecule has 0 aromatic heterocycles. The Morgan fingerprint density at radius 3 is 2.39 bits per heavy atom. The van der Waals surface area contributed by atoms with E-state index in [1.165, 1.54) is 5.56 Å². The molecular weight excluding hydrogens is 286 g/mol. The van der Waals surface area contributed by atoms with Crippen molar-refractivity contribution in [2.45, 2.75) is 27.7 Å². The molecule has 4 nitrogen and oxygen atoms in total. The Morgan fingerprint density at radius 1 is 1.04 bits per heavy atom. The van der Waals surface area contributed by atoms with Crippen LogP contribution in [0, 0.1) is 27.7 Å². The van der Waals surface area contributed by atoms with Crippen LogP contribution in [0.2, 0.25) is 0 Å². The first-order valence-corrected chi connectivity index (χ1v) is 7.66. The quantitative estimate of drug-likeness (QED) is 0.656. The van der Waals surface area contributed by atoms with E-state index in [-0.39, 0.29) is 12.5 Å². The molecule has 0 heterocycles. The fourth-order valence-electron chi connectivity index (χ4n) is 2.60. The monoisotopic (exact) mass is 309 g/mol. The molecule has 0 aliphatic carbocycles. The molecule has 0 saturated carbocycles. The van der Waals surface area contributed by atoms with Crippen molar-refractivity contribution in [3.8, 4) is 0 Å². The van der Waals surface area contributed by atoms with Crippen LogP contribution in [0.15, 0.2) is 41.5 Å². The summed E-state index contributed by atoms with van der Waals surface area (Å²) < 4.78 is 0. The average molecular weight is 309 g/mol. The summed E-state index contributed by atoms with van der Waals surface area (Å²) in [5.41, 5.74) is 9.16. The van der Waals surface area contributed by atoms with E-state index in [0.717, 1.165) is 27.9 Å². The third kappa shape index (κ3) is 4.95. The molecule has 1 amide bonds. The van der Waals surface area contributed by atoms with Crippen molar-refractivity contribution >= 4 is 17.8 Å². The van der Waals surface area contributed by atoms with E-state index in [1.54, 1.807) is 6.21 Å². The number of aryl methyl sites for hydroxylation is 4. The summed E-state index contributed by atoms with van der Waals surface area (Å²) in [5, 5.41) is 7.17. The smallest absolute Gasteiger partial charge is 0.259 e. The topological polar surface area (TPSA) is 53.5 Å². The van der Waals surface area contributed by atoms with Gasteiger partial charge in [0, 0.05) is 5.69 Å². The standard InChI is InChI=1S/C19H23N3O/c1-13-6-5-7-17(10-13)11-21-22-18(23)12-20-19-15(3)8-14(2)9-16(19)4/h5-11,20H,12H2,1-4H3,(H,22,23)/b21-11-. The van der Waals surface area contributed by atoms with E-state index in [9.17, 15) is 4.79 Å². The van der Waals surface area contributed by atoms with Crippen molar-refractivity contribution in [2.75, 3.05) is 11.9 Å². The van der Waals surface area contributed by atoms with Gasteiger partial charge in [-0.25, -0.2) is 5.43 Å².